The van der Waals surface area contributed by atoms with Gasteiger partial charge in [-0.05, 0) is 23.8 Å². The van der Waals surface area contributed by atoms with Crippen molar-refractivity contribution in [1.29, 1.82) is 0 Å². The second-order valence-corrected chi connectivity index (χ2v) is 14.3. The third-order valence-electron chi connectivity index (χ3n) is 8.52. The number of benzene rings is 1. The Labute approximate surface area is 343 Å². The van der Waals surface area contributed by atoms with E-state index in [9.17, 15) is 43.2 Å². The molecular formula is C36H51N13O9S. The molecule has 1 unspecified atom stereocenters. The molecule has 0 bridgehead atoms. The van der Waals surface area contributed by atoms with Crippen LogP contribution in [0.15, 0.2) is 43.0 Å². The highest BCUT2D eigenvalue weighted by Crippen LogP contribution is 2.19. The van der Waals surface area contributed by atoms with Crippen LogP contribution in [0.4, 0.5) is 0 Å². The lowest BCUT2D eigenvalue weighted by Crippen LogP contribution is -2.56. The first-order valence-corrected chi connectivity index (χ1v) is 19.8. The summed E-state index contributed by atoms with van der Waals surface area (Å²) < 4.78 is 0. The summed E-state index contributed by atoms with van der Waals surface area (Å²) in [5.74, 6) is -6.56. The van der Waals surface area contributed by atoms with Gasteiger partial charge in [0.25, 0.3) is 0 Å². The molecule has 0 fully saturated rings. The lowest BCUT2D eigenvalue weighted by molar-refractivity contribution is -0.135. The van der Waals surface area contributed by atoms with Gasteiger partial charge in [0.15, 0.2) is 0 Å². The number of aromatic nitrogens is 3. The van der Waals surface area contributed by atoms with E-state index in [2.05, 4.69) is 52.2 Å². The first kappa shape index (κ1) is 46.9. The van der Waals surface area contributed by atoms with Crippen molar-refractivity contribution in [3.05, 3.63) is 54.2 Å². The van der Waals surface area contributed by atoms with Gasteiger partial charge in [-0.25, -0.2) is 4.98 Å². The predicted molar refractivity (Wildman–Crippen MR) is 215 cm³/mol. The van der Waals surface area contributed by atoms with Crippen molar-refractivity contribution in [3.63, 3.8) is 0 Å². The van der Waals surface area contributed by atoms with Gasteiger partial charge in [0.1, 0.15) is 24.7 Å². The standard InChI is InChI=1S/C36H51N13O9S/c1-20(2)33(36(58)43-14-30(53)47-26(9-22-12-39-18-45-22)35(57)44-16-32(55)49(19-59-3)17-27(38)50)48-31(54)15-42-34(56)25(46-29(52)13-41-28(51)10-37)8-21-11-40-24-7-5-4-6-23(21)24/h4-7,11-12,18,20,25-26,33,40H,8-10,13-17,19,37H2,1-3H3,(H2,38,50)(H,39,45)(H,41,51)(H,42,56)(H,43,58)(H,44,57)(H,46,52)(H,47,53)(H,48,54)/t25-,26-,33?/m0/s1. The summed E-state index contributed by atoms with van der Waals surface area (Å²) in [7, 11) is 0. The van der Waals surface area contributed by atoms with Crippen LogP contribution in [0, 0.1) is 5.92 Å². The number of imidazole rings is 1. The number of nitrogens with two attached hydrogens (primary N) is 2. The Bertz CT molecular complexity index is 1950. The second kappa shape index (κ2) is 23.7. The van der Waals surface area contributed by atoms with Crippen LogP contribution in [-0.2, 0) is 56.0 Å². The fraction of sp³-hybridized carbons (Fsp3) is 0.444. The maximum Gasteiger partial charge on any atom is 0.243 e. The van der Waals surface area contributed by atoms with Crippen LogP contribution >= 0.6 is 11.8 Å². The normalized spacial score (nSPS) is 12.4. The lowest BCUT2D eigenvalue weighted by Gasteiger charge is -2.23. The highest BCUT2D eigenvalue weighted by atomic mass is 32.2. The van der Waals surface area contributed by atoms with E-state index in [4.69, 9.17) is 11.5 Å². The molecule has 3 atom stereocenters. The molecule has 320 valence electrons. The van der Waals surface area contributed by atoms with E-state index >= 15 is 0 Å². The minimum absolute atomic E-state index is 0.0312. The Morgan fingerprint density at radius 2 is 1.36 bits per heavy atom. The number of nitrogens with zero attached hydrogens (tertiary/aromatic N) is 2. The van der Waals surface area contributed by atoms with Crippen molar-refractivity contribution in [1.82, 2.24) is 57.1 Å². The van der Waals surface area contributed by atoms with Crippen molar-refractivity contribution in [2.75, 3.05) is 51.4 Å². The van der Waals surface area contributed by atoms with Crippen LogP contribution in [0.2, 0.25) is 0 Å². The average Bonchev–Trinajstić information content (AvgIpc) is 3.88. The Hall–Kier alpha value is -6.49. The van der Waals surface area contributed by atoms with Crippen LogP contribution in [0.1, 0.15) is 25.1 Å². The summed E-state index contributed by atoms with van der Waals surface area (Å²) >= 11 is 1.27. The summed E-state index contributed by atoms with van der Waals surface area (Å²) in [5, 5.41) is 18.1. The van der Waals surface area contributed by atoms with Gasteiger partial charge >= 0.3 is 0 Å². The van der Waals surface area contributed by atoms with Gasteiger partial charge in [-0.3, -0.25) is 43.2 Å². The third-order valence-corrected chi connectivity index (χ3v) is 9.09. The first-order valence-electron chi connectivity index (χ1n) is 18.4. The number of carbonyl (C=O) groups excluding carboxylic acids is 9. The third kappa shape index (κ3) is 15.8. The van der Waals surface area contributed by atoms with Crippen LogP contribution in [0.5, 0.6) is 0 Å². The van der Waals surface area contributed by atoms with Crippen molar-refractivity contribution >= 4 is 75.8 Å². The summed E-state index contributed by atoms with van der Waals surface area (Å²) in [6.07, 6.45) is 6.21. The van der Waals surface area contributed by atoms with Gasteiger partial charge in [-0.2, -0.15) is 0 Å². The molecule has 0 aliphatic rings. The predicted octanol–water partition coefficient (Wildman–Crippen LogP) is -4.16. The van der Waals surface area contributed by atoms with Gasteiger partial charge in [0, 0.05) is 41.8 Å². The molecule has 9 amide bonds. The number of nitrogens with one attached hydrogen (secondary N) is 9. The molecule has 0 saturated carbocycles. The quantitative estimate of drug-likeness (QED) is 0.0383. The summed E-state index contributed by atoms with van der Waals surface area (Å²) in [5.41, 5.74) is 12.5. The molecular weight excluding hydrogens is 791 g/mol. The minimum atomic E-state index is -1.21. The fourth-order valence-corrected chi connectivity index (χ4v) is 6.12. The highest BCUT2D eigenvalue weighted by molar-refractivity contribution is 7.98. The van der Waals surface area contributed by atoms with Crippen molar-refractivity contribution in [3.8, 4) is 0 Å². The smallest absolute Gasteiger partial charge is 0.243 e. The van der Waals surface area contributed by atoms with Crippen LogP contribution in [0.3, 0.4) is 0 Å². The van der Waals surface area contributed by atoms with Crippen LogP contribution in [-0.4, -0.2) is 143 Å². The van der Waals surface area contributed by atoms with E-state index in [1.807, 2.05) is 24.3 Å². The number of hydrogen-bond donors (Lipinski definition) is 11. The molecule has 0 radical (unpaired) electrons. The summed E-state index contributed by atoms with van der Waals surface area (Å²) in [6.45, 7) is 0.523. The number of hydrogen-bond acceptors (Lipinski definition) is 12. The number of primary amides is 1. The molecule has 2 aromatic heterocycles. The Kier molecular flexibility index (Phi) is 18.8. The SMILES string of the molecule is CSCN(CC(N)=O)C(=O)CNC(=O)[C@H](Cc1cnc[nH]1)NC(=O)CNC(=O)C(NC(=O)CNC(=O)[C@H](Cc1c[nH]c2ccccc12)NC(=O)CNC(=O)CN)C(C)C. The van der Waals surface area contributed by atoms with E-state index in [0.717, 1.165) is 10.9 Å². The van der Waals surface area contributed by atoms with E-state index in [-0.39, 0.29) is 31.8 Å². The molecule has 22 nitrogen and oxygen atoms in total. The molecule has 13 N–H and O–H groups in total. The minimum Gasteiger partial charge on any atom is -0.368 e. The molecule has 3 rings (SSSR count). The van der Waals surface area contributed by atoms with Gasteiger partial charge < -0.3 is 63.6 Å². The van der Waals surface area contributed by atoms with Crippen molar-refractivity contribution in [2.24, 2.45) is 17.4 Å². The number of rotatable bonds is 24. The molecule has 0 aliphatic carbocycles. The van der Waals surface area contributed by atoms with E-state index in [0.29, 0.717) is 11.3 Å². The number of carbonyl (C=O) groups is 9. The van der Waals surface area contributed by atoms with Crippen molar-refractivity contribution < 1.29 is 43.2 Å². The van der Waals surface area contributed by atoms with E-state index in [1.54, 1.807) is 26.3 Å². The Morgan fingerprint density at radius 1 is 0.763 bits per heavy atom. The molecule has 2 heterocycles. The molecule has 59 heavy (non-hydrogen) atoms. The number of aromatic amines is 2. The topological polar surface area (TPSA) is 338 Å². The lowest BCUT2D eigenvalue weighted by atomic mass is 10.0. The van der Waals surface area contributed by atoms with Crippen LogP contribution < -0.4 is 48.7 Å². The monoisotopic (exact) mass is 841 g/mol. The number of para-hydroxylation sites is 1. The molecule has 23 heteroatoms. The van der Waals surface area contributed by atoms with Crippen molar-refractivity contribution in [2.45, 2.75) is 44.8 Å². The zero-order chi connectivity index (χ0) is 43.5. The zero-order valence-electron chi connectivity index (χ0n) is 32.8. The second-order valence-electron chi connectivity index (χ2n) is 13.5. The number of H-pyrrole nitrogens is 2. The Morgan fingerprint density at radius 3 is 1.95 bits per heavy atom. The van der Waals surface area contributed by atoms with E-state index in [1.165, 1.54) is 29.2 Å². The Balaban J connectivity index is 1.58. The number of fused-ring (bicyclic) bond motifs is 1. The number of thioether (sulfide) groups is 1. The van der Waals surface area contributed by atoms with Gasteiger partial charge in [0.05, 0.1) is 44.9 Å². The molecule has 3 aromatic rings. The van der Waals surface area contributed by atoms with Gasteiger partial charge in [-0.1, -0.05) is 32.0 Å². The fourth-order valence-electron chi connectivity index (χ4n) is 5.57. The zero-order valence-corrected chi connectivity index (χ0v) is 33.7. The highest BCUT2D eigenvalue weighted by Gasteiger charge is 2.28. The number of amides is 9. The average molecular weight is 842 g/mol. The molecule has 1 aromatic carbocycles. The van der Waals surface area contributed by atoms with Gasteiger partial charge in [0.2, 0.25) is 53.2 Å². The largest absolute Gasteiger partial charge is 0.368 e. The van der Waals surface area contributed by atoms with Crippen LogP contribution in [0.25, 0.3) is 10.9 Å². The first-order chi connectivity index (χ1) is 28.1. The van der Waals surface area contributed by atoms with E-state index < -0.39 is 103 Å². The molecule has 0 aliphatic heterocycles. The summed E-state index contributed by atoms with van der Waals surface area (Å²) in [6, 6.07) is 3.80. The van der Waals surface area contributed by atoms with Gasteiger partial charge in [-0.15, -0.1) is 11.8 Å². The summed E-state index contributed by atoms with van der Waals surface area (Å²) in [4.78, 5) is 125. The maximum atomic E-state index is 13.4. The molecule has 0 saturated heterocycles. The molecule has 0 spiro atoms. The maximum absolute atomic E-state index is 13.4.